The van der Waals surface area contributed by atoms with Gasteiger partial charge in [-0.25, -0.2) is 16.8 Å². The minimum Gasteiger partial charge on any atom is -0.381 e. The molecular weight excluding hydrogens is 370 g/mol. The quantitative estimate of drug-likeness (QED) is 0.447. The average molecular weight is 385 g/mol. The summed E-state index contributed by atoms with van der Waals surface area (Å²) in [5.74, 6) is 0. The van der Waals surface area contributed by atoms with Crippen molar-refractivity contribution in [1.82, 2.24) is 0 Å². The van der Waals surface area contributed by atoms with E-state index in [-0.39, 0.29) is 11.7 Å². The molecule has 0 unspecified atom stereocenters. The normalized spacial score (nSPS) is 15.7. The van der Waals surface area contributed by atoms with Gasteiger partial charge in [0.05, 0.1) is 15.5 Å². The third-order valence-electron chi connectivity index (χ3n) is 3.78. The van der Waals surface area contributed by atoms with Gasteiger partial charge in [-0.3, -0.25) is 0 Å². The van der Waals surface area contributed by atoms with Gasteiger partial charge in [0.15, 0.2) is 0 Å². The highest BCUT2D eigenvalue weighted by Gasteiger charge is 2.24. The highest BCUT2D eigenvalue weighted by Crippen LogP contribution is 2.30. The molecule has 1 saturated carbocycles. The number of hydrogen-bond donors (Lipinski definition) is 1. The molecule has 0 heterocycles. The number of sulfonamides is 2. The molecular formula is C12H15N7O4S2. The van der Waals surface area contributed by atoms with E-state index in [1.807, 2.05) is 0 Å². The van der Waals surface area contributed by atoms with Crippen molar-refractivity contribution in [3.05, 3.63) is 39.1 Å². The molecule has 0 aromatic heterocycles. The predicted octanol–water partition coefficient (Wildman–Crippen LogP) is 3.43. The standard InChI is InChI=1S/C12H15N7O4S2/c13-16-18-24(20,21)10-6-7-11(15-9-4-2-1-3-5-9)12(8-10)25(22,23)19-17-14/h6-9,15H,1-5H2. The highest BCUT2D eigenvalue weighted by molar-refractivity contribution is 7.91. The number of rotatable bonds is 6. The van der Waals surface area contributed by atoms with Crippen LogP contribution in [0.4, 0.5) is 5.69 Å². The lowest BCUT2D eigenvalue weighted by atomic mass is 9.95. The van der Waals surface area contributed by atoms with Crippen LogP contribution in [0, 0.1) is 0 Å². The van der Waals surface area contributed by atoms with Gasteiger partial charge in [-0.15, -0.1) is 0 Å². The Morgan fingerprint density at radius 2 is 1.56 bits per heavy atom. The van der Waals surface area contributed by atoms with Gasteiger partial charge >= 0.3 is 0 Å². The molecule has 0 saturated heterocycles. The molecule has 0 amide bonds. The Hall–Kier alpha value is -2.46. The number of hydrogen-bond acceptors (Lipinski definition) is 5. The first kappa shape index (κ1) is 18.9. The van der Waals surface area contributed by atoms with Gasteiger partial charge in [-0.05, 0) is 42.1 Å². The minimum absolute atomic E-state index is 0.0355. The van der Waals surface area contributed by atoms with Crippen molar-refractivity contribution >= 4 is 25.7 Å². The van der Waals surface area contributed by atoms with Gasteiger partial charge < -0.3 is 5.32 Å². The number of nitrogens with zero attached hydrogens (tertiary/aromatic N) is 6. The molecule has 13 heteroatoms. The maximum Gasteiger partial charge on any atom is 0.266 e. The number of azide groups is 2. The van der Waals surface area contributed by atoms with E-state index < -0.39 is 29.8 Å². The van der Waals surface area contributed by atoms with E-state index in [1.165, 1.54) is 6.07 Å². The van der Waals surface area contributed by atoms with Crippen molar-refractivity contribution in [3.8, 4) is 0 Å². The van der Waals surface area contributed by atoms with Crippen molar-refractivity contribution in [2.45, 2.75) is 47.9 Å². The molecule has 134 valence electrons. The van der Waals surface area contributed by atoms with E-state index >= 15 is 0 Å². The molecule has 25 heavy (non-hydrogen) atoms. The zero-order chi connectivity index (χ0) is 18.5. The second-order valence-electron chi connectivity index (χ2n) is 5.43. The molecule has 0 atom stereocenters. The third kappa shape index (κ3) is 4.54. The summed E-state index contributed by atoms with van der Waals surface area (Å²) in [5, 5.41) is 3.06. The maximum atomic E-state index is 12.2. The summed E-state index contributed by atoms with van der Waals surface area (Å²) in [6, 6.07) is 3.24. The fourth-order valence-electron chi connectivity index (χ4n) is 2.65. The van der Waals surface area contributed by atoms with Crippen LogP contribution >= 0.6 is 0 Å². The largest absolute Gasteiger partial charge is 0.381 e. The Morgan fingerprint density at radius 1 is 0.960 bits per heavy atom. The van der Waals surface area contributed by atoms with Crippen LogP contribution in [0.25, 0.3) is 20.9 Å². The molecule has 11 nitrogen and oxygen atoms in total. The van der Waals surface area contributed by atoms with Gasteiger partial charge in [-0.1, -0.05) is 19.3 Å². The maximum absolute atomic E-state index is 12.2. The number of nitrogens with one attached hydrogen (secondary N) is 1. The lowest BCUT2D eigenvalue weighted by molar-refractivity contribution is 0.462. The fraction of sp³-hybridized carbons (Fsp3) is 0.500. The highest BCUT2D eigenvalue weighted by atomic mass is 32.2. The van der Waals surface area contributed by atoms with E-state index in [1.54, 1.807) is 0 Å². The molecule has 0 spiro atoms. The minimum atomic E-state index is -4.44. The second kappa shape index (κ2) is 7.62. The van der Waals surface area contributed by atoms with Crippen LogP contribution in [-0.2, 0) is 20.0 Å². The fourth-order valence-corrected chi connectivity index (χ4v) is 4.29. The zero-order valence-electron chi connectivity index (χ0n) is 13.0. The van der Waals surface area contributed by atoms with Crippen molar-refractivity contribution in [2.75, 3.05) is 5.32 Å². The Labute approximate surface area is 144 Å². The number of benzene rings is 1. The smallest absolute Gasteiger partial charge is 0.266 e. The first-order valence-electron chi connectivity index (χ1n) is 7.33. The summed E-state index contributed by atoms with van der Waals surface area (Å²) in [7, 11) is -8.82. The Morgan fingerprint density at radius 3 is 2.16 bits per heavy atom. The lowest BCUT2D eigenvalue weighted by Crippen LogP contribution is -2.23. The topological polar surface area (TPSA) is 178 Å². The van der Waals surface area contributed by atoms with E-state index in [2.05, 4.69) is 24.2 Å². The van der Waals surface area contributed by atoms with Crippen LogP contribution in [0.5, 0.6) is 0 Å². The number of anilines is 1. The SMILES string of the molecule is [N-]=[N+]=NS(=O)(=O)c1ccc(NC2CCCCC2)c(S(=O)(=O)N=[N+]=[N-])c1. The first-order chi connectivity index (χ1) is 11.8. The summed E-state index contributed by atoms with van der Waals surface area (Å²) in [4.78, 5) is 3.51. The van der Waals surface area contributed by atoms with E-state index in [4.69, 9.17) is 11.1 Å². The van der Waals surface area contributed by atoms with Crippen LogP contribution in [0.1, 0.15) is 32.1 Å². The average Bonchev–Trinajstić information content (AvgIpc) is 2.55. The van der Waals surface area contributed by atoms with Crippen LogP contribution in [-0.4, -0.2) is 22.9 Å². The molecule has 1 aromatic carbocycles. The van der Waals surface area contributed by atoms with Crippen molar-refractivity contribution in [3.63, 3.8) is 0 Å². The van der Waals surface area contributed by atoms with Crippen molar-refractivity contribution in [1.29, 1.82) is 0 Å². The van der Waals surface area contributed by atoms with Gasteiger partial charge in [0.1, 0.15) is 0 Å². The molecule has 0 radical (unpaired) electrons. The van der Waals surface area contributed by atoms with Gasteiger partial charge in [0, 0.05) is 24.9 Å². The zero-order valence-corrected chi connectivity index (χ0v) is 14.6. The van der Waals surface area contributed by atoms with E-state index in [0.29, 0.717) is 0 Å². The van der Waals surface area contributed by atoms with Gasteiger partial charge in [0.25, 0.3) is 20.0 Å². The van der Waals surface area contributed by atoms with Gasteiger partial charge in [-0.2, -0.15) is 0 Å². The monoisotopic (exact) mass is 385 g/mol. The van der Waals surface area contributed by atoms with Crippen molar-refractivity contribution in [2.24, 2.45) is 9.04 Å². The molecule has 1 aliphatic carbocycles. The molecule has 0 bridgehead atoms. The van der Waals surface area contributed by atoms with E-state index in [0.717, 1.165) is 44.2 Å². The molecule has 1 aliphatic rings. The first-order valence-corrected chi connectivity index (χ1v) is 10.2. The van der Waals surface area contributed by atoms with E-state index in [9.17, 15) is 16.8 Å². The summed E-state index contributed by atoms with van der Waals surface area (Å²) in [6.07, 6.45) is 4.80. The molecule has 0 aliphatic heterocycles. The van der Waals surface area contributed by atoms with Crippen LogP contribution in [0.2, 0.25) is 0 Å². The Kier molecular flexibility index (Phi) is 5.75. The third-order valence-corrected chi connectivity index (χ3v) is 6.10. The summed E-state index contributed by atoms with van der Waals surface area (Å²) < 4.78 is 53.4. The summed E-state index contributed by atoms with van der Waals surface area (Å²) >= 11 is 0. The summed E-state index contributed by atoms with van der Waals surface area (Å²) in [6.45, 7) is 0. The van der Waals surface area contributed by atoms with Crippen LogP contribution in [0.3, 0.4) is 0 Å². The van der Waals surface area contributed by atoms with Crippen molar-refractivity contribution < 1.29 is 16.8 Å². The summed E-state index contributed by atoms with van der Waals surface area (Å²) in [5.41, 5.74) is 16.9. The Bertz CT molecular complexity index is 955. The predicted molar refractivity (Wildman–Crippen MR) is 89.6 cm³/mol. The Balaban J connectivity index is 2.55. The molecule has 2 rings (SSSR count). The molecule has 1 fully saturated rings. The van der Waals surface area contributed by atoms with Crippen LogP contribution in [0.15, 0.2) is 37.0 Å². The lowest BCUT2D eigenvalue weighted by Gasteiger charge is -2.25. The second-order valence-corrected chi connectivity index (χ2v) is 8.57. The molecule has 1 N–H and O–H groups in total. The van der Waals surface area contributed by atoms with Crippen LogP contribution < -0.4 is 5.32 Å². The molecule has 1 aromatic rings. The van der Waals surface area contributed by atoms with Gasteiger partial charge in [0.2, 0.25) is 0 Å².